The maximum absolute atomic E-state index is 12.3. The number of rotatable bonds is 6. The molecule has 8 heteroatoms. The van der Waals surface area contributed by atoms with Gasteiger partial charge in [-0.15, -0.1) is 0 Å². The number of hydrogen-bond donors (Lipinski definition) is 1. The van der Waals surface area contributed by atoms with Crippen molar-refractivity contribution in [1.82, 2.24) is 0 Å². The molecule has 3 rings (SSSR count). The zero-order valence-electron chi connectivity index (χ0n) is 14.6. The SMILES string of the molecule is COc1cc(C(=O)/C=C/c2ccc(-c3ccc([N+](=O)[O-])cc3Br)o2)ccc1O. The van der Waals surface area contributed by atoms with Crippen LogP contribution in [0, 0.1) is 10.1 Å². The van der Waals surface area contributed by atoms with E-state index in [0.29, 0.717) is 27.1 Å². The number of carbonyl (C=O) groups is 1. The van der Waals surface area contributed by atoms with Crippen molar-refractivity contribution >= 4 is 33.5 Å². The molecular weight excluding hydrogens is 430 g/mol. The minimum Gasteiger partial charge on any atom is -0.504 e. The molecule has 0 aliphatic rings. The van der Waals surface area contributed by atoms with Crippen LogP contribution in [0.1, 0.15) is 16.1 Å². The average molecular weight is 444 g/mol. The van der Waals surface area contributed by atoms with Crippen LogP contribution in [-0.2, 0) is 0 Å². The Morgan fingerprint density at radius 2 is 2.00 bits per heavy atom. The molecule has 0 spiro atoms. The molecule has 0 aliphatic heterocycles. The lowest BCUT2D eigenvalue weighted by molar-refractivity contribution is -0.384. The second-order valence-corrected chi connectivity index (χ2v) is 6.56. The first-order valence-electron chi connectivity index (χ1n) is 8.02. The van der Waals surface area contributed by atoms with E-state index in [9.17, 15) is 20.0 Å². The highest BCUT2D eigenvalue weighted by Crippen LogP contribution is 2.33. The summed E-state index contributed by atoms with van der Waals surface area (Å²) in [6, 6.07) is 12.1. The number of benzene rings is 2. The summed E-state index contributed by atoms with van der Waals surface area (Å²) >= 11 is 3.30. The smallest absolute Gasteiger partial charge is 0.270 e. The maximum Gasteiger partial charge on any atom is 0.270 e. The van der Waals surface area contributed by atoms with Crippen molar-refractivity contribution in [2.45, 2.75) is 0 Å². The summed E-state index contributed by atoms with van der Waals surface area (Å²) in [5, 5.41) is 20.4. The van der Waals surface area contributed by atoms with E-state index in [1.807, 2.05) is 0 Å². The molecule has 1 heterocycles. The van der Waals surface area contributed by atoms with E-state index in [-0.39, 0.29) is 23.0 Å². The van der Waals surface area contributed by atoms with Crippen molar-refractivity contribution < 1.29 is 24.0 Å². The Morgan fingerprint density at radius 3 is 2.68 bits per heavy atom. The number of phenolic OH excluding ortho intramolecular Hbond substituents is 1. The molecule has 0 saturated carbocycles. The molecule has 1 N–H and O–H groups in total. The fourth-order valence-electron chi connectivity index (χ4n) is 2.49. The van der Waals surface area contributed by atoms with Gasteiger partial charge in [0, 0.05) is 27.7 Å². The van der Waals surface area contributed by atoms with E-state index in [1.165, 1.54) is 49.6 Å². The normalized spacial score (nSPS) is 10.9. The van der Waals surface area contributed by atoms with E-state index in [4.69, 9.17) is 9.15 Å². The number of allylic oxidation sites excluding steroid dienone is 1. The molecule has 28 heavy (non-hydrogen) atoms. The minimum absolute atomic E-state index is 0.0303. The molecule has 2 aromatic carbocycles. The van der Waals surface area contributed by atoms with E-state index < -0.39 is 4.92 Å². The van der Waals surface area contributed by atoms with Crippen LogP contribution < -0.4 is 4.74 Å². The third kappa shape index (κ3) is 4.12. The van der Waals surface area contributed by atoms with Gasteiger partial charge >= 0.3 is 0 Å². The quantitative estimate of drug-likeness (QED) is 0.242. The summed E-state index contributed by atoms with van der Waals surface area (Å²) in [6.45, 7) is 0. The van der Waals surface area contributed by atoms with Crippen molar-refractivity contribution in [2.24, 2.45) is 0 Å². The van der Waals surface area contributed by atoms with Gasteiger partial charge in [0.15, 0.2) is 17.3 Å². The molecule has 1 aromatic heterocycles. The number of nitro groups is 1. The summed E-state index contributed by atoms with van der Waals surface area (Å²) in [4.78, 5) is 22.6. The number of hydrogen-bond acceptors (Lipinski definition) is 6. The molecule has 142 valence electrons. The van der Waals surface area contributed by atoms with Crippen molar-refractivity contribution in [2.75, 3.05) is 7.11 Å². The van der Waals surface area contributed by atoms with Crippen LogP contribution in [-0.4, -0.2) is 22.9 Å². The van der Waals surface area contributed by atoms with E-state index in [0.717, 1.165) is 0 Å². The summed E-state index contributed by atoms with van der Waals surface area (Å²) in [7, 11) is 1.40. The molecule has 0 fully saturated rings. The van der Waals surface area contributed by atoms with Gasteiger partial charge in [-0.25, -0.2) is 0 Å². The van der Waals surface area contributed by atoms with E-state index in [2.05, 4.69) is 15.9 Å². The number of nitrogens with zero attached hydrogens (tertiary/aromatic N) is 1. The predicted octanol–water partition coefficient (Wildman–Crippen LogP) is 5.23. The number of methoxy groups -OCH3 is 1. The van der Waals surface area contributed by atoms with Crippen LogP contribution in [0.15, 0.2) is 63.5 Å². The van der Waals surface area contributed by atoms with Crippen LogP contribution in [0.3, 0.4) is 0 Å². The molecule has 0 saturated heterocycles. The molecular formula is C20H14BrNO6. The molecule has 7 nitrogen and oxygen atoms in total. The second-order valence-electron chi connectivity index (χ2n) is 5.71. The van der Waals surface area contributed by atoms with E-state index in [1.54, 1.807) is 18.2 Å². The highest BCUT2D eigenvalue weighted by molar-refractivity contribution is 9.10. The number of ether oxygens (including phenoxy) is 1. The number of aromatic hydroxyl groups is 1. The van der Waals surface area contributed by atoms with Crippen LogP contribution in [0.4, 0.5) is 5.69 Å². The Kier molecular flexibility index (Phi) is 5.60. The zero-order valence-corrected chi connectivity index (χ0v) is 16.2. The van der Waals surface area contributed by atoms with Gasteiger partial charge in [-0.3, -0.25) is 14.9 Å². The van der Waals surface area contributed by atoms with Gasteiger partial charge < -0.3 is 14.3 Å². The number of carbonyl (C=O) groups excluding carboxylic acids is 1. The number of nitro benzene ring substituents is 1. The molecule has 3 aromatic rings. The summed E-state index contributed by atoms with van der Waals surface area (Å²) in [5.74, 6) is 0.822. The highest BCUT2D eigenvalue weighted by Gasteiger charge is 2.13. The minimum atomic E-state index is -0.477. The monoisotopic (exact) mass is 443 g/mol. The Balaban J connectivity index is 1.79. The largest absolute Gasteiger partial charge is 0.504 e. The van der Waals surface area contributed by atoms with Gasteiger partial charge in [0.25, 0.3) is 5.69 Å². The van der Waals surface area contributed by atoms with Crippen LogP contribution in [0.5, 0.6) is 11.5 Å². The third-order valence-electron chi connectivity index (χ3n) is 3.92. The first kappa shape index (κ1) is 19.4. The number of ketones is 1. The lowest BCUT2D eigenvalue weighted by Crippen LogP contribution is -1.95. The van der Waals surface area contributed by atoms with Crippen molar-refractivity contribution in [1.29, 1.82) is 0 Å². The Labute approximate surface area is 168 Å². The van der Waals surface area contributed by atoms with E-state index >= 15 is 0 Å². The first-order valence-corrected chi connectivity index (χ1v) is 8.82. The lowest BCUT2D eigenvalue weighted by Gasteiger charge is -2.04. The van der Waals surface area contributed by atoms with Gasteiger partial charge in [0.2, 0.25) is 0 Å². The van der Waals surface area contributed by atoms with Crippen molar-refractivity contribution in [3.05, 3.63) is 80.5 Å². The first-order chi connectivity index (χ1) is 13.4. The molecule has 0 unspecified atom stereocenters. The van der Waals surface area contributed by atoms with Crippen LogP contribution >= 0.6 is 15.9 Å². The third-order valence-corrected chi connectivity index (χ3v) is 4.58. The van der Waals surface area contributed by atoms with Crippen LogP contribution in [0.2, 0.25) is 0 Å². The summed E-state index contributed by atoms with van der Waals surface area (Å²) in [5.41, 5.74) is 0.980. The standard InChI is InChI=1S/C20H14BrNO6/c1-27-20-10-12(2-7-18(20)24)17(23)8-4-14-5-9-19(28-14)15-6-3-13(22(25)26)11-16(15)21/h2-11,24H,1H3/b8-4+. The second kappa shape index (κ2) is 8.10. The molecule has 0 aliphatic carbocycles. The predicted molar refractivity (Wildman–Crippen MR) is 107 cm³/mol. The fourth-order valence-corrected chi connectivity index (χ4v) is 3.05. The summed E-state index contributed by atoms with van der Waals surface area (Å²) in [6.07, 6.45) is 2.86. The number of non-ortho nitro benzene ring substituents is 1. The topological polar surface area (TPSA) is 103 Å². The number of furan rings is 1. The van der Waals surface area contributed by atoms with Gasteiger partial charge in [-0.05, 0) is 64.5 Å². The summed E-state index contributed by atoms with van der Waals surface area (Å²) < 4.78 is 11.2. The number of phenols is 1. The molecule has 0 atom stereocenters. The maximum atomic E-state index is 12.3. The van der Waals surface area contributed by atoms with Gasteiger partial charge in [0.05, 0.1) is 12.0 Å². The van der Waals surface area contributed by atoms with Gasteiger partial charge in [-0.1, -0.05) is 0 Å². The lowest BCUT2D eigenvalue weighted by atomic mass is 10.1. The Morgan fingerprint density at radius 1 is 1.21 bits per heavy atom. The Hall–Kier alpha value is -3.39. The van der Waals surface area contributed by atoms with Gasteiger partial charge in [0.1, 0.15) is 11.5 Å². The highest BCUT2D eigenvalue weighted by atomic mass is 79.9. The zero-order chi connectivity index (χ0) is 20.3. The van der Waals surface area contributed by atoms with Gasteiger partial charge in [-0.2, -0.15) is 0 Å². The molecule has 0 bridgehead atoms. The van der Waals surface area contributed by atoms with Crippen molar-refractivity contribution in [3.8, 4) is 22.8 Å². The molecule has 0 amide bonds. The fraction of sp³-hybridized carbons (Fsp3) is 0.0500. The van der Waals surface area contributed by atoms with Crippen LogP contribution in [0.25, 0.3) is 17.4 Å². The average Bonchev–Trinajstić information content (AvgIpc) is 3.15. The van der Waals surface area contributed by atoms with Crippen molar-refractivity contribution in [3.63, 3.8) is 0 Å². The molecule has 0 radical (unpaired) electrons. The Bertz CT molecular complexity index is 1090. The number of halogens is 1.